The van der Waals surface area contributed by atoms with Gasteiger partial charge in [-0.25, -0.2) is 0 Å². The number of carbonyl (C=O) groups excluding carboxylic acids is 1. The third-order valence-corrected chi connectivity index (χ3v) is 1.88. The van der Waals surface area contributed by atoms with Crippen LogP contribution >= 0.6 is 0 Å². The van der Waals surface area contributed by atoms with Gasteiger partial charge in [0, 0.05) is 6.20 Å². The van der Waals surface area contributed by atoms with Gasteiger partial charge < -0.3 is 15.5 Å². The molecule has 0 aromatic carbocycles. The molecule has 1 atom stereocenters. The van der Waals surface area contributed by atoms with Gasteiger partial charge in [-0.05, 0) is 6.07 Å². The molecule has 1 unspecified atom stereocenters. The third kappa shape index (κ3) is 3.59. The summed E-state index contributed by atoms with van der Waals surface area (Å²) in [5.74, 6) is -1.38. The summed E-state index contributed by atoms with van der Waals surface area (Å²) in [7, 11) is 0. The van der Waals surface area contributed by atoms with Gasteiger partial charge in [-0.15, -0.1) is 0 Å². The van der Waals surface area contributed by atoms with Gasteiger partial charge in [0.2, 0.25) is 0 Å². The van der Waals surface area contributed by atoms with Crippen LogP contribution in [-0.4, -0.2) is 39.9 Å². The number of hydrogen-bond donors (Lipinski definition) is 3. The zero-order valence-electron chi connectivity index (χ0n) is 8.40. The molecule has 5 nitrogen and oxygen atoms in total. The van der Waals surface area contributed by atoms with Gasteiger partial charge in [0.15, 0.2) is 6.10 Å². The Morgan fingerprint density at radius 2 is 2.18 bits per heavy atom. The number of hydrogen-bond acceptors (Lipinski definition) is 4. The Morgan fingerprint density at radius 1 is 1.53 bits per heavy atom. The Bertz CT molecular complexity index is 409. The van der Waals surface area contributed by atoms with E-state index < -0.39 is 30.5 Å². The van der Waals surface area contributed by atoms with Crippen molar-refractivity contribution in [3.8, 4) is 5.75 Å². The summed E-state index contributed by atoms with van der Waals surface area (Å²) in [6.07, 6.45) is -5.26. The molecule has 1 amide bonds. The summed E-state index contributed by atoms with van der Waals surface area (Å²) in [4.78, 5) is 14.8. The quantitative estimate of drug-likeness (QED) is 0.727. The maximum Gasteiger partial charge on any atom is 0.416 e. The second kappa shape index (κ2) is 5.00. The van der Waals surface area contributed by atoms with Crippen LogP contribution in [0.1, 0.15) is 10.4 Å². The molecule has 0 aliphatic heterocycles. The molecule has 3 N–H and O–H groups in total. The van der Waals surface area contributed by atoms with Crippen LogP contribution in [0.15, 0.2) is 18.5 Å². The lowest BCUT2D eigenvalue weighted by atomic mass is 10.2. The van der Waals surface area contributed by atoms with Gasteiger partial charge >= 0.3 is 6.18 Å². The van der Waals surface area contributed by atoms with E-state index in [0.29, 0.717) is 0 Å². The van der Waals surface area contributed by atoms with E-state index in [2.05, 4.69) is 4.98 Å². The lowest BCUT2D eigenvalue weighted by Gasteiger charge is -2.15. The second-order valence-corrected chi connectivity index (χ2v) is 3.16. The highest BCUT2D eigenvalue weighted by Crippen LogP contribution is 2.19. The molecule has 0 spiro atoms. The highest BCUT2D eigenvalue weighted by atomic mass is 19.4. The summed E-state index contributed by atoms with van der Waals surface area (Å²) < 4.78 is 35.8. The number of aliphatic hydroxyl groups is 1. The number of alkyl halides is 3. The molecule has 0 aliphatic rings. The second-order valence-electron chi connectivity index (χ2n) is 3.16. The van der Waals surface area contributed by atoms with Crippen LogP contribution in [0.2, 0.25) is 0 Å². The minimum atomic E-state index is -4.80. The standard InChI is InChI=1S/C9H9F3N2O3/c10-9(11,12)7(16)4-14-8(17)5-1-2-13-3-6(5)15/h1-3,7,15-16H,4H2,(H,14,17). The van der Waals surface area contributed by atoms with Crippen molar-refractivity contribution in [2.24, 2.45) is 0 Å². The third-order valence-electron chi connectivity index (χ3n) is 1.88. The molecule has 0 radical (unpaired) electrons. The van der Waals surface area contributed by atoms with E-state index in [9.17, 15) is 23.1 Å². The van der Waals surface area contributed by atoms with E-state index in [4.69, 9.17) is 5.11 Å². The lowest BCUT2D eigenvalue weighted by molar-refractivity contribution is -0.201. The lowest BCUT2D eigenvalue weighted by Crippen LogP contribution is -2.40. The summed E-state index contributed by atoms with van der Waals surface area (Å²) in [5, 5.41) is 19.7. The van der Waals surface area contributed by atoms with E-state index in [1.807, 2.05) is 5.32 Å². The predicted octanol–water partition coefficient (Wildman–Crippen LogP) is 0.440. The molecular formula is C9H9F3N2O3. The topological polar surface area (TPSA) is 82.5 Å². The van der Waals surface area contributed by atoms with Gasteiger partial charge in [-0.1, -0.05) is 0 Å². The Kier molecular flexibility index (Phi) is 3.89. The van der Waals surface area contributed by atoms with Crippen molar-refractivity contribution < 1.29 is 28.2 Å². The van der Waals surface area contributed by atoms with Crippen LogP contribution in [0.25, 0.3) is 0 Å². The number of aromatic hydroxyl groups is 1. The van der Waals surface area contributed by atoms with Gasteiger partial charge in [0.05, 0.1) is 18.3 Å². The average Bonchev–Trinajstić information content (AvgIpc) is 2.24. The fourth-order valence-corrected chi connectivity index (χ4v) is 0.978. The number of rotatable bonds is 3. The van der Waals surface area contributed by atoms with Crippen molar-refractivity contribution in [1.82, 2.24) is 10.3 Å². The fraction of sp³-hybridized carbons (Fsp3) is 0.333. The summed E-state index contributed by atoms with van der Waals surface area (Å²) >= 11 is 0. The van der Waals surface area contributed by atoms with Gasteiger partial charge in [-0.3, -0.25) is 9.78 Å². The molecule has 0 saturated heterocycles. The Labute approximate surface area is 93.9 Å². The molecule has 0 aliphatic carbocycles. The number of nitrogens with zero attached hydrogens (tertiary/aromatic N) is 1. The monoisotopic (exact) mass is 250 g/mol. The molecule has 1 rings (SSSR count). The zero-order chi connectivity index (χ0) is 13.1. The smallest absolute Gasteiger partial charge is 0.416 e. The van der Waals surface area contributed by atoms with E-state index in [0.717, 1.165) is 12.3 Å². The van der Waals surface area contributed by atoms with Gasteiger partial charge in [0.1, 0.15) is 5.75 Å². The van der Waals surface area contributed by atoms with Gasteiger partial charge in [0.25, 0.3) is 5.91 Å². The minimum absolute atomic E-state index is 0.214. The molecular weight excluding hydrogens is 241 g/mol. The highest BCUT2D eigenvalue weighted by Gasteiger charge is 2.38. The number of nitrogens with one attached hydrogen (secondary N) is 1. The molecule has 8 heteroatoms. The minimum Gasteiger partial charge on any atom is -0.505 e. The zero-order valence-corrected chi connectivity index (χ0v) is 8.40. The summed E-state index contributed by atoms with van der Waals surface area (Å²) in [6.45, 7) is -0.982. The van der Waals surface area contributed by atoms with E-state index >= 15 is 0 Å². The SMILES string of the molecule is O=C(NCC(O)C(F)(F)F)c1ccncc1O. The van der Waals surface area contributed by atoms with Crippen LogP contribution < -0.4 is 5.32 Å². The van der Waals surface area contributed by atoms with Gasteiger partial charge in [-0.2, -0.15) is 13.2 Å². The van der Waals surface area contributed by atoms with E-state index in [-0.39, 0.29) is 5.56 Å². The Balaban J connectivity index is 2.60. The predicted molar refractivity (Wildman–Crippen MR) is 50.3 cm³/mol. The average molecular weight is 250 g/mol. The number of aromatic nitrogens is 1. The van der Waals surface area contributed by atoms with Crippen molar-refractivity contribution in [2.45, 2.75) is 12.3 Å². The molecule has 0 saturated carbocycles. The van der Waals surface area contributed by atoms with Crippen molar-refractivity contribution >= 4 is 5.91 Å². The fourth-order valence-electron chi connectivity index (χ4n) is 0.978. The molecule has 0 fully saturated rings. The molecule has 0 bridgehead atoms. The number of pyridine rings is 1. The first-order valence-corrected chi connectivity index (χ1v) is 4.48. The van der Waals surface area contributed by atoms with E-state index in [1.165, 1.54) is 6.20 Å². The van der Waals surface area contributed by atoms with Crippen LogP contribution in [-0.2, 0) is 0 Å². The van der Waals surface area contributed by atoms with Crippen molar-refractivity contribution in [3.63, 3.8) is 0 Å². The molecule has 94 valence electrons. The van der Waals surface area contributed by atoms with Crippen LogP contribution in [0.4, 0.5) is 13.2 Å². The maximum absolute atomic E-state index is 11.9. The van der Waals surface area contributed by atoms with Crippen LogP contribution in [0.3, 0.4) is 0 Å². The molecule has 1 heterocycles. The Morgan fingerprint density at radius 3 is 2.71 bits per heavy atom. The van der Waals surface area contributed by atoms with Crippen molar-refractivity contribution in [3.05, 3.63) is 24.0 Å². The largest absolute Gasteiger partial charge is 0.505 e. The highest BCUT2D eigenvalue weighted by molar-refractivity contribution is 5.96. The normalized spacial score (nSPS) is 13.2. The Hall–Kier alpha value is -1.83. The molecule has 1 aromatic rings. The first-order chi connectivity index (χ1) is 7.82. The summed E-state index contributed by atoms with van der Waals surface area (Å²) in [6, 6.07) is 1.14. The number of halogens is 3. The number of carbonyl (C=O) groups is 1. The maximum atomic E-state index is 11.9. The van der Waals surface area contributed by atoms with Crippen LogP contribution in [0.5, 0.6) is 5.75 Å². The first-order valence-electron chi connectivity index (χ1n) is 4.48. The number of aliphatic hydroxyl groups excluding tert-OH is 1. The first kappa shape index (κ1) is 13.2. The summed E-state index contributed by atoms with van der Waals surface area (Å²) in [5.41, 5.74) is -0.214. The van der Waals surface area contributed by atoms with Crippen molar-refractivity contribution in [1.29, 1.82) is 0 Å². The molecule has 1 aromatic heterocycles. The number of amides is 1. The molecule has 17 heavy (non-hydrogen) atoms. The van der Waals surface area contributed by atoms with E-state index in [1.54, 1.807) is 0 Å². The van der Waals surface area contributed by atoms with Crippen molar-refractivity contribution in [2.75, 3.05) is 6.54 Å². The van der Waals surface area contributed by atoms with Crippen LogP contribution in [0, 0.1) is 0 Å².